The third kappa shape index (κ3) is 5.35. The van der Waals surface area contributed by atoms with E-state index in [-0.39, 0.29) is 25.5 Å². The highest BCUT2D eigenvalue weighted by molar-refractivity contribution is 9.10. The number of halogens is 2. The molecule has 0 spiro atoms. The Morgan fingerprint density at radius 3 is 3.00 bits per heavy atom. The zero-order valence-corrected chi connectivity index (χ0v) is 12.3. The van der Waals surface area contributed by atoms with Gasteiger partial charge in [0.1, 0.15) is 0 Å². The maximum atomic E-state index is 11.7. The van der Waals surface area contributed by atoms with Crippen molar-refractivity contribution in [3.63, 3.8) is 0 Å². The topological polar surface area (TPSA) is 58.6 Å². The highest BCUT2D eigenvalue weighted by Crippen LogP contribution is 2.21. The second-order valence-electron chi connectivity index (χ2n) is 3.83. The summed E-state index contributed by atoms with van der Waals surface area (Å²) in [6.45, 7) is 0.367. The van der Waals surface area contributed by atoms with Crippen molar-refractivity contribution in [2.24, 2.45) is 0 Å². The van der Waals surface area contributed by atoms with E-state index in [1.807, 2.05) is 0 Å². The van der Waals surface area contributed by atoms with Crippen LogP contribution in [-0.2, 0) is 16.0 Å². The van der Waals surface area contributed by atoms with Crippen molar-refractivity contribution in [3.8, 4) is 0 Å². The molecule has 0 aliphatic heterocycles. The number of aliphatic hydroxyl groups excluding tert-OH is 1. The van der Waals surface area contributed by atoms with Crippen LogP contribution < -0.4 is 5.32 Å². The quantitative estimate of drug-likeness (QED) is 0.832. The van der Waals surface area contributed by atoms with Gasteiger partial charge in [0.25, 0.3) is 0 Å². The Labute approximate surface area is 119 Å². The minimum absolute atomic E-state index is 0.171. The van der Waals surface area contributed by atoms with Crippen molar-refractivity contribution >= 4 is 33.4 Å². The lowest BCUT2D eigenvalue weighted by atomic mass is 10.1. The molecule has 1 rings (SSSR count). The number of rotatable bonds is 6. The van der Waals surface area contributed by atoms with E-state index in [1.165, 1.54) is 7.11 Å². The van der Waals surface area contributed by atoms with Gasteiger partial charge in [0.15, 0.2) is 0 Å². The summed E-state index contributed by atoms with van der Waals surface area (Å²) in [5.74, 6) is -0.173. The van der Waals surface area contributed by atoms with Crippen molar-refractivity contribution < 1.29 is 14.6 Å². The molecule has 0 radical (unpaired) electrons. The second kappa shape index (κ2) is 7.74. The summed E-state index contributed by atoms with van der Waals surface area (Å²) in [5, 5.41) is 12.6. The van der Waals surface area contributed by atoms with Crippen LogP contribution in [-0.4, -0.2) is 37.4 Å². The number of hydrogen-bond acceptors (Lipinski definition) is 3. The van der Waals surface area contributed by atoms with Crippen LogP contribution in [0.1, 0.15) is 5.56 Å². The Balaban J connectivity index is 2.47. The maximum absolute atomic E-state index is 11.7. The van der Waals surface area contributed by atoms with Gasteiger partial charge in [-0.15, -0.1) is 0 Å². The Bertz CT molecular complexity index is 414. The first kappa shape index (κ1) is 15.4. The van der Waals surface area contributed by atoms with E-state index >= 15 is 0 Å². The number of aliphatic hydroxyl groups is 1. The van der Waals surface area contributed by atoms with Crippen LogP contribution >= 0.6 is 27.5 Å². The Kier molecular flexibility index (Phi) is 6.63. The fourth-order valence-corrected chi connectivity index (χ4v) is 1.98. The number of hydrogen-bond donors (Lipinski definition) is 2. The van der Waals surface area contributed by atoms with Crippen molar-refractivity contribution in [2.45, 2.75) is 12.5 Å². The largest absolute Gasteiger partial charge is 0.389 e. The first-order chi connectivity index (χ1) is 8.52. The minimum Gasteiger partial charge on any atom is -0.389 e. The van der Waals surface area contributed by atoms with E-state index in [1.54, 1.807) is 18.2 Å². The zero-order chi connectivity index (χ0) is 13.5. The highest BCUT2D eigenvalue weighted by atomic mass is 79.9. The molecule has 1 aromatic carbocycles. The summed E-state index contributed by atoms with van der Waals surface area (Å²) in [6.07, 6.45) is -0.484. The van der Waals surface area contributed by atoms with Crippen LogP contribution in [0.3, 0.4) is 0 Å². The molecular weight excluding hydrogens is 321 g/mol. The molecule has 100 valence electrons. The lowest BCUT2D eigenvalue weighted by Crippen LogP contribution is -2.35. The normalized spacial score (nSPS) is 12.2. The lowest BCUT2D eigenvalue weighted by Gasteiger charge is -2.11. The van der Waals surface area contributed by atoms with Crippen molar-refractivity contribution in [3.05, 3.63) is 33.3 Å². The summed E-state index contributed by atoms with van der Waals surface area (Å²) >= 11 is 9.22. The van der Waals surface area contributed by atoms with Crippen LogP contribution in [0.5, 0.6) is 0 Å². The molecule has 4 nitrogen and oxygen atoms in total. The van der Waals surface area contributed by atoms with E-state index in [0.717, 1.165) is 10.0 Å². The predicted molar refractivity (Wildman–Crippen MR) is 73.7 cm³/mol. The molecule has 0 aliphatic rings. The fraction of sp³-hybridized carbons (Fsp3) is 0.417. The first-order valence-electron chi connectivity index (χ1n) is 5.40. The maximum Gasteiger partial charge on any atom is 0.224 e. The molecule has 0 fully saturated rings. The average Bonchev–Trinajstić information content (AvgIpc) is 2.32. The summed E-state index contributed by atoms with van der Waals surface area (Å²) in [5.41, 5.74) is 0.807. The molecule has 18 heavy (non-hydrogen) atoms. The van der Waals surface area contributed by atoms with Gasteiger partial charge in [0, 0.05) is 23.1 Å². The van der Waals surface area contributed by atoms with Gasteiger partial charge in [-0.1, -0.05) is 27.5 Å². The molecule has 1 atom stereocenters. The molecule has 1 amide bonds. The monoisotopic (exact) mass is 335 g/mol. The van der Waals surface area contributed by atoms with Gasteiger partial charge in [-0.2, -0.15) is 0 Å². The molecule has 0 aliphatic carbocycles. The molecule has 6 heteroatoms. The van der Waals surface area contributed by atoms with E-state index in [9.17, 15) is 9.90 Å². The van der Waals surface area contributed by atoms with E-state index in [0.29, 0.717) is 5.02 Å². The Morgan fingerprint density at radius 2 is 2.33 bits per heavy atom. The number of amides is 1. The number of benzene rings is 1. The van der Waals surface area contributed by atoms with Gasteiger partial charge in [-0.3, -0.25) is 4.79 Å². The van der Waals surface area contributed by atoms with Crippen molar-refractivity contribution in [1.29, 1.82) is 0 Å². The van der Waals surface area contributed by atoms with Crippen molar-refractivity contribution in [2.75, 3.05) is 20.3 Å². The molecule has 0 saturated heterocycles. The Hall–Kier alpha value is -0.620. The predicted octanol–water partition coefficient (Wildman–Crippen LogP) is 1.77. The number of carbonyl (C=O) groups is 1. The highest BCUT2D eigenvalue weighted by Gasteiger charge is 2.09. The van der Waals surface area contributed by atoms with Gasteiger partial charge >= 0.3 is 0 Å². The van der Waals surface area contributed by atoms with Crippen LogP contribution in [0.4, 0.5) is 0 Å². The molecular formula is C12H15BrClNO3. The fourth-order valence-electron chi connectivity index (χ4n) is 1.40. The van der Waals surface area contributed by atoms with Gasteiger partial charge in [0.2, 0.25) is 5.91 Å². The lowest BCUT2D eigenvalue weighted by molar-refractivity contribution is -0.121. The van der Waals surface area contributed by atoms with Gasteiger partial charge < -0.3 is 15.2 Å². The minimum atomic E-state index is -0.693. The van der Waals surface area contributed by atoms with Crippen LogP contribution in [0.2, 0.25) is 5.02 Å². The third-order valence-electron chi connectivity index (χ3n) is 2.25. The van der Waals surface area contributed by atoms with Gasteiger partial charge in [-0.25, -0.2) is 0 Å². The van der Waals surface area contributed by atoms with Gasteiger partial charge in [0.05, 0.1) is 19.1 Å². The number of nitrogens with one attached hydrogen (secondary N) is 1. The average molecular weight is 337 g/mol. The second-order valence-corrected chi connectivity index (χ2v) is 5.12. The number of carbonyl (C=O) groups excluding carboxylic acids is 1. The number of methoxy groups -OCH3 is 1. The smallest absolute Gasteiger partial charge is 0.224 e. The molecule has 1 aromatic rings. The molecule has 1 unspecified atom stereocenters. The molecule has 0 aromatic heterocycles. The van der Waals surface area contributed by atoms with Gasteiger partial charge in [-0.05, 0) is 23.8 Å². The summed E-state index contributed by atoms with van der Waals surface area (Å²) in [4.78, 5) is 11.7. The summed E-state index contributed by atoms with van der Waals surface area (Å²) in [6, 6.07) is 5.27. The Morgan fingerprint density at radius 1 is 1.61 bits per heavy atom. The zero-order valence-electron chi connectivity index (χ0n) is 9.95. The van der Waals surface area contributed by atoms with Crippen LogP contribution in [0.25, 0.3) is 0 Å². The first-order valence-corrected chi connectivity index (χ1v) is 6.57. The standard InChI is InChI=1S/C12H15BrClNO3/c1-18-7-10(16)6-15-12(17)5-8-4-9(14)2-3-11(8)13/h2-4,10,16H,5-7H2,1H3,(H,15,17). The van der Waals surface area contributed by atoms with E-state index in [2.05, 4.69) is 21.2 Å². The molecule has 0 bridgehead atoms. The van der Waals surface area contributed by atoms with E-state index < -0.39 is 6.10 Å². The molecule has 2 N–H and O–H groups in total. The number of ether oxygens (including phenoxy) is 1. The third-order valence-corrected chi connectivity index (χ3v) is 3.26. The molecule has 0 heterocycles. The van der Waals surface area contributed by atoms with Crippen molar-refractivity contribution in [1.82, 2.24) is 5.32 Å². The van der Waals surface area contributed by atoms with Crippen LogP contribution in [0.15, 0.2) is 22.7 Å². The molecule has 0 saturated carbocycles. The summed E-state index contributed by atoms with van der Waals surface area (Å²) in [7, 11) is 1.49. The summed E-state index contributed by atoms with van der Waals surface area (Å²) < 4.78 is 5.60. The van der Waals surface area contributed by atoms with Crippen LogP contribution in [0, 0.1) is 0 Å². The SMILES string of the molecule is COCC(O)CNC(=O)Cc1cc(Cl)ccc1Br. The van der Waals surface area contributed by atoms with E-state index in [4.69, 9.17) is 16.3 Å².